The molecule has 0 spiro atoms. The average Bonchev–Trinajstić information content (AvgIpc) is 3.20. The minimum atomic E-state index is -0.438. The van der Waals surface area contributed by atoms with E-state index in [2.05, 4.69) is 6.92 Å². The van der Waals surface area contributed by atoms with E-state index in [1.807, 2.05) is 6.92 Å². The number of nitrogens with zero attached hydrogens (tertiary/aromatic N) is 1. The van der Waals surface area contributed by atoms with Gasteiger partial charge in [-0.3, -0.25) is 4.90 Å². The van der Waals surface area contributed by atoms with Crippen LogP contribution in [-0.4, -0.2) is 31.3 Å². The standard InChI is InChI=1S/C26H33NO5/c1-3-5-6-7-8-9-18-30-23-14-10-20(11-15-23)25(28)31-24-16-12-21(13-17-24)27-19-22(4-2)32-26(27)29/h10-17,22H,3-9,18-19H2,1-2H3/t22-/m1/s1. The maximum Gasteiger partial charge on any atom is 0.414 e. The zero-order valence-electron chi connectivity index (χ0n) is 19.0. The SMILES string of the molecule is CCCCCCCCOc1ccc(C(=O)Oc2ccc(N3C[C@@H](CC)OC3=O)cc2)cc1. The molecular weight excluding hydrogens is 406 g/mol. The number of esters is 1. The molecular formula is C26H33NO5. The van der Waals surface area contributed by atoms with Gasteiger partial charge in [-0.2, -0.15) is 0 Å². The Kier molecular flexibility index (Phi) is 8.96. The topological polar surface area (TPSA) is 65.1 Å². The smallest absolute Gasteiger partial charge is 0.414 e. The van der Waals surface area contributed by atoms with Crippen LogP contribution in [0.3, 0.4) is 0 Å². The van der Waals surface area contributed by atoms with E-state index in [-0.39, 0.29) is 12.2 Å². The Labute approximate surface area is 190 Å². The van der Waals surface area contributed by atoms with E-state index in [0.717, 1.165) is 24.3 Å². The molecule has 3 rings (SSSR count). The van der Waals surface area contributed by atoms with Gasteiger partial charge in [0, 0.05) is 5.69 Å². The summed E-state index contributed by atoms with van der Waals surface area (Å²) in [6.07, 6.45) is 7.67. The van der Waals surface area contributed by atoms with Gasteiger partial charge in [-0.05, 0) is 61.4 Å². The molecule has 1 aliphatic heterocycles. The van der Waals surface area contributed by atoms with Crippen LogP contribution in [0, 0.1) is 0 Å². The molecule has 0 saturated carbocycles. The molecule has 1 saturated heterocycles. The summed E-state index contributed by atoms with van der Waals surface area (Å²) in [5, 5.41) is 0. The van der Waals surface area contributed by atoms with Gasteiger partial charge in [0.25, 0.3) is 0 Å². The minimum absolute atomic E-state index is 0.0854. The second kappa shape index (κ2) is 12.1. The highest BCUT2D eigenvalue weighted by molar-refractivity contribution is 5.92. The summed E-state index contributed by atoms with van der Waals surface area (Å²) in [6, 6.07) is 13.9. The van der Waals surface area contributed by atoms with Crippen LogP contribution in [0.4, 0.5) is 10.5 Å². The number of unbranched alkanes of at least 4 members (excludes halogenated alkanes) is 5. The Bertz CT molecular complexity index is 863. The van der Waals surface area contributed by atoms with Crippen molar-refractivity contribution < 1.29 is 23.8 Å². The molecule has 0 aromatic heterocycles. The van der Waals surface area contributed by atoms with Crippen LogP contribution in [0.15, 0.2) is 48.5 Å². The van der Waals surface area contributed by atoms with E-state index in [9.17, 15) is 9.59 Å². The molecule has 0 aliphatic carbocycles. The zero-order chi connectivity index (χ0) is 22.8. The average molecular weight is 440 g/mol. The van der Waals surface area contributed by atoms with Crippen LogP contribution in [0.25, 0.3) is 0 Å². The number of carbonyl (C=O) groups excluding carboxylic acids is 2. The van der Waals surface area contributed by atoms with Crippen molar-refractivity contribution in [2.75, 3.05) is 18.1 Å². The lowest BCUT2D eigenvalue weighted by molar-refractivity contribution is 0.0734. The lowest BCUT2D eigenvalue weighted by atomic mass is 10.1. The lowest BCUT2D eigenvalue weighted by Crippen LogP contribution is -2.24. The second-order valence-corrected chi connectivity index (χ2v) is 8.05. The third-order valence-corrected chi connectivity index (χ3v) is 5.55. The lowest BCUT2D eigenvalue weighted by Gasteiger charge is -2.13. The van der Waals surface area contributed by atoms with Gasteiger partial charge in [0.2, 0.25) is 0 Å². The van der Waals surface area contributed by atoms with Crippen LogP contribution >= 0.6 is 0 Å². The van der Waals surface area contributed by atoms with Gasteiger partial charge in [0.15, 0.2) is 0 Å². The molecule has 2 aromatic carbocycles. The molecule has 32 heavy (non-hydrogen) atoms. The molecule has 1 aliphatic rings. The van der Waals surface area contributed by atoms with E-state index < -0.39 is 5.97 Å². The van der Waals surface area contributed by atoms with Gasteiger partial charge in [-0.15, -0.1) is 0 Å². The number of amides is 1. The van der Waals surface area contributed by atoms with Gasteiger partial charge in [0.1, 0.15) is 17.6 Å². The molecule has 1 amide bonds. The van der Waals surface area contributed by atoms with Crippen molar-refractivity contribution in [3.05, 3.63) is 54.1 Å². The van der Waals surface area contributed by atoms with Gasteiger partial charge in [-0.1, -0.05) is 46.0 Å². The van der Waals surface area contributed by atoms with Gasteiger partial charge in [0.05, 0.1) is 18.7 Å². The van der Waals surface area contributed by atoms with Crippen LogP contribution in [0.2, 0.25) is 0 Å². The van der Waals surface area contributed by atoms with E-state index in [4.69, 9.17) is 14.2 Å². The maximum atomic E-state index is 12.4. The van der Waals surface area contributed by atoms with E-state index in [1.54, 1.807) is 53.4 Å². The third kappa shape index (κ3) is 6.74. The van der Waals surface area contributed by atoms with Gasteiger partial charge < -0.3 is 14.2 Å². The monoisotopic (exact) mass is 439 g/mol. The molecule has 6 nitrogen and oxygen atoms in total. The van der Waals surface area contributed by atoms with Crippen LogP contribution < -0.4 is 14.4 Å². The normalized spacial score (nSPS) is 15.5. The van der Waals surface area contributed by atoms with Crippen molar-refractivity contribution in [1.82, 2.24) is 0 Å². The van der Waals surface area contributed by atoms with E-state index in [0.29, 0.717) is 24.5 Å². The maximum absolute atomic E-state index is 12.4. The molecule has 0 radical (unpaired) electrons. The van der Waals surface area contributed by atoms with E-state index in [1.165, 1.54) is 32.1 Å². The molecule has 0 N–H and O–H groups in total. The number of hydrogen-bond donors (Lipinski definition) is 0. The molecule has 172 valence electrons. The Morgan fingerprint density at radius 1 is 0.938 bits per heavy atom. The first kappa shape index (κ1) is 23.6. The molecule has 0 bridgehead atoms. The first-order valence-corrected chi connectivity index (χ1v) is 11.6. The Hall–Kier alpha value is -3.02. The van der Waals surface area contributed by atoms with Gasteiger partial charge in [-0.25, -0.2) is 9.59 Å². The van der Waals surface area contributed by atoms with Crippen molar-refractivity contribution in [2.45, 2.75) is 64.9 Å². The fourth-order valence-electron chi connectivity index (χ4n) is 3.56. The number of hydrogen-bond acceptors (Lipinski definition) is 5. The second-order valence-electron chi connectivity index (χ2n) is 8.05. The minimum Gasteiger partial charge on any atom is -0.494 e. The predicted molar refractivity (Wildman–Crippen MR) is 125 cm³/mol. The van der Waals surface area contributed by atoms with Crippen molar-refractivity contribution in [3.63, 3.8) is 0 Å². The highest BCUT2D eigenvalue weighted by Crippen LogP contribution is 2.25. The van der Waals surface area contributed by atoms with Gasteiger partial charge >= 0.3 is 12.1 Å². The first-order valence-electron chi connectivity index (χ1n) is 11.6. The summed E-state index contributed by atoms with van der Waals surface area (Å²) < 4.78 is 16.5. The quantitative estimate of drug-likeness (QED) is 0.218. The predicted octanol–water partition coefficient (Wildman–Crippen LogP) is 6.38. The van der Waals surface area contributed by atoms with Crippen molar-refractivity contribution >= 4 is 17.7 Å². The third-order valence-electron chi connectivity index (χ3n) is 5.55. The highest BCUT2D eigenvalue weighted by Gasteiger charge is 2.31. The molecule has 1 heterocycles. The van der Waals surface area contributed by atoms with Crippen LogP contribution in [-0.2, 0) is 4.74 Å². The van der Waals surface area contributed by atoms with Crippen LogP contribution in [0.5, 0.6) is 11.5 Å². The summed E-state index contributed by atoms with van der Waals surface area (Å²) in [4.78, 5) is 26.0. The fraction of sp³-hybridized carbons (Fsp3) is 0.462. The summed E-state index contributed by atoms with van der Waals surface area (Å²) in [7, 11) is 0. The number of benzene rings is 2. The number of anilines is 1. The number of ether oxygens (including phenoxy) is 3. The first-order chi connectivity index (χ1) is 15.6. The summed E-state index contributed by atoms with van der Waals surface area (Å²) in [6.45, 7) is 5.42. The summed E-state index contributed by atoms with van der Waals surface area (Å²) >= 11 is 0. The number of cyclic esters (lactones) is 1. The molecule has 0 unspecified atom stereocenters. The highest BCUT2D eigenvalue weighted by atomic mass is 16.6. The van der Waals surface area contributed by atoms with Crippen molar-refractivity contribution in [1.29, 1.82) is 0 Å². The Morgan fingerprint density at radius 3 is 2.25 bits per heavy atom. The Morgan fingerprint density at radius 2 is 1.59 bits per heavy atom. The summed E-state index contributed by atoms with van der Waals surface area (Å²) in [5.74, 6) is 0.732. The van der Waals surface area contributed by atoms with Crippen molar-refractivity contribution in [3.8, 4) is 11.5 Å². The Balaban J connectivity index is 1.45. The van der Waals surface area contributed by atoms with E-state index >= 15 is 0 Å². The zero-order valence-corrected chi connectivity index (χ0v) is 19.0. The molecule has 1 atom stereocenters. The summed E-state index contributed by atoms with van der Waals surface area (Å²) in [5.41, 5.74) is 1.17. The van der Waals surface area contributed by atoms with Crippen LogP contribution in [0.1, 0.15) is 69.2 Å². The molecule has 2 aromatic rings. The molecule has 6 heteroatoms. The number of carbonyl (C=O) groups is 2. The van der Waals surface area contributed by atoms with Crippen molar-refractivity contribution in [2.24, 2.45) is 0 Å². The fourth-order valence-corrected chi connectivity index (χ4v) is 3.56. The largest absolute Gasteiger partial charge is 0.494 e. The number of rotatable bonds is 12. The molecule has 1 fully saturated rings.